The lowest BCUT2D eigenvalue weighted by Gasteiger charge is -2.27. The maximum atomic E-state index is 14.1. The Morgan fingerprint density at radius 1 is 1.50 bits per heavy atom. The number of hydrogen-bond donors (Lipinski definition) is 2. The summed E-state index contributed by atoms with van der Waals surface area (Å²) < 4.78 is 21.0. The molecule has 1 saturated heterocycles. The van der Waals surface area contributed by atoms with Crippen LogP contribution in [0.5, 0.6) is 0 Å². The van der Waals surface area contributed by atoms with Gasteiger partial charge in [0.05, 0.1) is 30.4 Å². The third kappa shape index (κ3) is 3.14. The predicted octanol–water partition coefficient (Wildman–Crippen LogP) is 1.30. The molecule has 0 bridgehead atoms. The number of amides is 1. The van der Waals surface area contributed by atoms with E-state index in [1.807, 2.05) is 19.9 Å². The van der Waals surface area contributed by atoms with Crippen LogP contribution in [0.15, 0.2) is 18.2 Å². The van der Waals surface area contributed by atoms with Crippen molar-refractivity contribution in [3.05, 3.63) is 29.7 Å². The molecule has 0 saturated carbocycles. The number of rotatable bonds is 3. The molecule has 6 nitrogen and oxygen atoms in total. The molecule has 3 rings (SSSR count). The van der Waals surface area contributed by atoms with Gasteiger partial charge in [-0.2, -0.15) is 5.10 Å². The third-order valence-corrected chi connectivity index (χ3v) is 4.35. The smallest absolute Gasteiger partial charge is 0.227 e. The van der Waals surface area contributed by atoms with E-state index in [4.69, 9.17) is 4.74 Å². The van der Waals surface area contributed by atoms with Gasteiger partial charge in [-0.05, 0) is 19.9 Å². The molecule has 1 aromatic carbocycles. The maximum absolute atomic E-state index is 14.1. The van der Waals surface area contributed by atoms with Crippen LogP contribution in [-0.4, -0.2) is 42.0 Å². The number of fused-ring (bicyclic) bond motifs is 1. The first-order valence-corrected chi connectivity index (χ1v) is 8.12. The molecule has 7 heteroatoms. The van der Waals surface area contributed by atoms with Crippen molar-refractivity contribution < 1.29 is 13.9 Å². The summed E-state index contributed by atoms with van der Waals surface area (Å²) in [4.78, 5) is 12.6. The summed E-state index contributed by atoms with van der Waals surface area (Å²) in [6.45, 7) is 6.09. The zero-order valence-electron chi connectivity index (χ0n) is 14.2. The Bertz CT molecular complexity index is 748. The van der Waals surface area contributed by atoms with Gasteiger partial charge in [0.1, 0.15) is 11.3 Å². The minimum absolute atomic E-state index is 0.0930. The van der Waals surface area contributed by atoms with E-state index in [-0.39, 0.29) is 17.6 Å². The molecule has 1 atom stereocenters. The number of nitrogens with one attached hydrogen (secondary N) is 2. The average Bonchev–Trinajstić information content (AvgIpc) is 2.72. The second-order valence-electron chi connectivity index (χ2n) is 6.70. The Labute approximate surface area is 140 Å². The van der Waals surface area contributed by atoms with E-state index in [9.17, 15) is 9.18 Å². The zero-order chi connectivity index (χ0) is 17.3. The van der Waals surface area contributed by atoms with Gasteiger partial charge in [0.2, 0.25) is 5.91 Å². The first-order valence-electron chi connectivity index (χ1n) is 8.12. The molecule has 0 aliphatic carbocycles. The number of aromatic nitrogens is 2. The van der Waals surface area contributed by atoms with Gasteiger partial charge in [-0.3, -0.25) is 9.48 Å². The number of nitrogens with zero attached hydrogens (tertiary/aromatic N) is 2. The number of para-hydroxylation sites is 1. The molecule has 1 aliphatic heterocycles. The molecular formula is C17H23FN4O2. The number of aryl methyl sites for hydroxylation is 1. The van der Waals surface area contributed by atoms with Crippen molar-refractivity contribution in [1.29, 1.82) is 0 Å². The summed E-state index contributed by atoms with van der Waals surface area (Å²) in [7, 11) is 1.70. The Hall–Kier alpha value is -1.99. The van der Waals surface area contributed by atoms with Gasteiger partial charge in [0.25, 0.3) is 0 Å². The van der Waals surface area contributed by atoms with Crippen molar-refractivity contribution in [3.63, 3.8) is 0 Å². The maximum Gasteiger partial charge on any atom is 0.227 e. The van der Waals surface area contributed by atoms with Crippen LogP contribution in [0.2, 0.25) is 0 Å². The third-order valence-electron chi connectivity index (χ3n) is 4.35. The molecule has 0 radical (unpaired) electrons. The van der Waals surface area contributed by atoms with E-state index in [1.165, 1.54) is 10.7 Å². The highest BCUT2D eigenvalue weighted by Gasteiger charge is 2.32. The van der Waals surface area contributed by atoms with Crippen LogP contribution in [0.4, 0.5) is 4.39 Å². The highest BCUT2D eigenvalue weighted by Crippen LogP contribution is 2.29. The van der Waals surface area contributed by atoms with Crippen molar-refractivity contribution in [1.82, 2.24) is 20.4 Å². The van der Waals surface area contributed by atoms with Gasteiger partial charge >= 0.3 is 0 Å². The monoisotopic (exact) mass is 334 g/mol. The lowest BCUT2D eigenvalue weighted by atomic mass is 9.96. The van der Waals surface area contributed by atoms with Gasteiger partial charge in [-0.1, -0.05) is 12.1 Å². The Balaban J connectivity index is 1.88. The normalized spacial score (nSPS) is 19.2. The van der Waals surface area contributed by atoms with Crippen LogP contribution in [-0.2, 0) is 22.1 Å². The summed E-state index contributed by atoms with van der Waals surface area (Å²) in [5, 5.41) is 11.4. The lowest BCUT2D eigenvalue weighted by Crippen LogP contribution is -2.47. The largest absolute Gasteiger partial charge is 0.379 e. The molecule has 2 heterocycles. The molecule has 0 spiro atoms. The summed E-state index contributed by atoms with van der Waals surface area (Å²) in [5.41, 5.74) is 0.362. The minimum Gasteiger partial charge on any atom is -0.379 e. The van der Waals surface area contributed by atoms with Gasteiger partial charge < -0.3 is 15.4 Å². The lowest BCUT2D eigenvalue weighted by molar-refractivity contribution is -0.128. The molecular weight excluding hydrogens is 311 g/mol. The molecule has 24 heavy (non-hydrogen) atoms. The first kappa shape index (κ1) is 16.9. The highest BCUT2D eigenvalue weighted by molar-refractivity contribution is 5.85. The van der Waals surface area contributed by atoms with E-state index in [0.29, 0.717) is 36.4 Å². The molecule has 1 fully saturated rings. The van der Waals surface area contributed by atoms with E-state index in [1.54, 1.807) is 13.1 Å². The number of halogens is 1. The Morgan fingerprint density at radius 2 is 2.29 bits per heavy atom. The summed E-state index contributed by atoms with van der Waals surface area (Å²) in [6, 6.07) is 4.89. The SMILES string of the molecule is Cn1nc(C(C)(C)NC(=O)C2CNCCOC2)c2cccc(F)c21. The Kier molecular flexibility index (Phi) is 4.56. The fourth-order valence-corrected chi connectivity index (χ4v) is 3.09. The average molecular weight is 334 g/mol. The summed E-state index contributed by atoms with van der Waals surface area (Å²) >= 11 is 0. The molecule has 2 N–H and O–H groups in total. The van der Waals surface area contributed by atoms with Crippen LogP contribution in [0.25, 0.3) is 10.9 Å². The number of hydrogen-bond acceptors (Lipinski definition) is 4. The molecule has 1 amide bonds. The molecule has 1 aliphatic rings. The van der Waals surface area contributed by atoms with Crippen molar-refractivity contribution in [2.24, 2.45) is 13.0 Å². The van der Waals surface area contributed by atoms with E-state index in [2.05, 4.69) is 15.7 Å². The fraction of sp³-hybridized carbons (Fsp3) is 0.529. The van der Waals surface area contributed by atoms with Gasteiger partial charge in [0.15, 0.2) is 0 Å². The van der Waals surface area contributed by atoms with Crippen molar-refractivity contribution >= 4 is 16.8 Å². The quantitative estimate of drug-likeness (QED) is 0.888. The molecule has 1 aromatic heterocycles. The molecule has 130 valence electrons. The molecule has 1 unspecified atom stereocenters. The number of benzene rings is 1. The van der Waals surface area contributed by atoms with Crippen LogP contribution in [0.1, 0.15) is 19.5 Å². The number of carbonyl (C=O) groups is 1. The first-order chi connectivity index (χ1) is 11.4. The number of ether oxygens (including phenoxy) is 1. The standard InChI is InChI=1S/C17H23FN4O2/c1-17(2,20-16(23)11-9-19-7-8-24-10-11)15-12-5-4-6-13(18)14(12)22(3)21-15/h4-6,11,19H,7-10H2,1-3H3,(H,20,23). The molecule has 2 aromatic rings. The topological polar surface area (TPSA) is 68.2 Å². The Morgan fingerprint density at radius 3 is 3.08 bits per heavy atom. The van der Waals surface area contributed by atoms with Crippen LogP contribution in [0.3, 0.4) is 0 Å². The van der Waals surface area contributed by atoms with Crippen molar-refractivity contribution in [2.75, 3.05) is 26.3 Å². The van der Waals surface area contributed by atoms with E-state index in [0.717, 1.165) is 6.54 Å². The second kappa shape index (κ2) is 6.49. The predicted molar refractivity (Wildman–Crippen MR) is 89.0 cm³/mol. The van der Waals surface area contributed by atoms with Crippen LogP contribution < -0.4 is 10.6 Å². The number of carbonyl (C=O) groups excluding carboxylic acids is 1. The van der Waals surface area contributed by atoms with Crippen molar-refractivity contribution in [3.8, 4) is 0 Å². The summed E-state index contributed by atoms with van der Waals surface area (Å²) in [6.07, 6.45) is 0. The second-order valence-corrected chi connectivity index (χ2v) is 6.70. The van der Waals surface area contributed by atoms with Gasteiger partial charge in [-0.25, -0.2) is 4.39 Å². The van der Waals surface area contributed by atoms with Gasteiger partial charge in [-0.15, -0.1) is 0 Å². The fourth-order valence-electron chi connectivity index (χ4n) is 3.09. The minimum atomic E-state index is -0.726. The van der Waals surface area contributed by atoms with E-state index >= 15 is 0 Å². The summed E-state index contributed by atoms with van der Waals surface area (Å²) in [5.74, 6) is -0.666. The van der Waals surface area contributed by atoms with E-state index < -0.39 is 5.54 Å². The zero-order valence-corrected chi connectivity index (χ0v) is 14.2. The van der Waals surface area contributed by atoms with Crippen LogP contribution in [0, 0.1) is 11.7 Å². The highest BCUT2D eigenvalue weighted by atomic mass is 19.1. The van der Waals surface area contributed by atoms with Crippen molar-refractivity contribution in [2.45, 2.75) is 19.4 Å². The van der Waals surface area contributed by atoms with Gasteiger partial charge in [0, 0.05) is 25.5 Å². The van der Waals surface area contributed by atoms with Crippen LogP contribution >= 0.6 is 0 Å².